The van der Waals surface area contributed by atoms with Gasteiger partial charge in [0, 0.05) is 13.0 Å². The zero-order chi connectivity index (χ0) is 15.4. The number of hydrogen-bond donors (Lipinski definition) is 0. The summed E-state index contributed by atoms with van der Waals surface area (Å²) in [6, 6.07) is 15.8. The van der Waals surface area contributed by atoms with Crippen LogP contribution in [-0.2, 0) is 11.2 Å². The van der Waals surface area contributed by atoms with Crippen molar-refractivity contribution in [2.24, 2.45) is 0 Å². The highest BCUT2D eigenvalue weighted by Gasteiger charge is 2.27. The van der Waals surface area contributed by atoms with Crippen LogP contribution in [0.15, 0.2) is 54.6 Å². The maximum absolute atomic E-state index is 13.2. The van der Waals surface area contributed by atoms with Crippen molar-refractivity contribution in [2.45, 2.75) is 18.9 Å². The van der Waals surface area contributed by atoms with Gasteiger partial charge in [0.1, 0.15) is 17.7 Å². The highest BCUT2D eigenvalue weighted by Crippen LogP contribution is 2.19. The van der Waals surface area contributed by atoms with Gasteiger partial charge in [-0.3, -0.25) is 4.79 Å². The van der Waals surface area contributed by atoms with E-state index in [-0.39, 0.29) is 24.2 Å². The Morgan fingerprint density at radius 3 is 2.77 bits per heavy atom. The molecule has 1 aliphatic heterocycles. The van der Waals surface area contributed by atoms with Crippen molar-refractivity contribution in [3.05, 3.63) is 66.0 Å². The third-order valence-corrected chi connectivity index (χ3v) is 3.79. The van der Waals surface area contributed by atoms with E-state index in [2.05, 4.69) is 0 Å². The molecule has 1 fully saturated rings. The van der Waals surface area contributed by atoms with E-state index in [4.69, 9.17) is 4.74 Å². The standard InChI is InChI=1S/C18H18FNO2/c19-15-6-4-5-14(11-15)12-18(21)20-10-9-17(13-20)22-16-7-2-1-3-8-16/h1-8,11,17H,9-10,12-13H2. The van der Waals surface area contributed by atoms with Crippen LogP contribution in [0.5, 0.6) is 5.75 Å². The molecule has 3 nitrogen and oxygen atoms in total. The zero-order valence-corrected chi connectivity index (χ0v) is 12.2. The number of nitrogens with zero attached hydrogens (tertiary/aromatic N) is 1. The van der Waals surface area contributed by atoms with Gasteiger partial charge in [0.05, 0.1) is 13.0 Å². The predicted octanol–water partition coefficient (Wildman–Crippen LogP) is 3.05. The molecule has 1 heterocycles. The fourth-order valence-electron chi connectivity index (χ4n) is 2.68. The SMILES string of the molecule is O=C(Cc1cccc(F)c1)N1CCC(Oc2ccccc2)C1. The first-order valence-corrected chi connectivity index (χ1v) is 7.44. The molecule has 0 spiro atoms. The largest absolute Gasteiger partial charge is 0.489 e. The van der Waals surface area contributed by atoms with Crippen molar-refractivity contribution in [1.29, 1.82) is 0 Å². The van der Waals surface area contributed by atoms with Gasteiger partial charge in [0.25, 0.3) is 0 Å². The summed E-state index contributed by atoms with van der Waals surface area (Å²) < 4.78 is 19.0. The number of para-hydroxylation sites is 1. The molecule has 2 aromatic carbocycles. The van der Waals surface area contributed by atoms with Crippen LogP contribution in [0.25, 0.3) is 0 Å². The van der Waals surface area contributed by atoms with Gasteiger partial charge < -0.3 is 9.64 Å². The molecular formula is C18H18FNO2. The molecule has 0 bridgehead atoms. The number of ether oxygens (including phenoxy) is 1. The summed E-state index contributed by atoms with van der Waals surface area (Å²) >= 11 is 0. The molecule has 1 amide bonds. The molecule has 4 heteroatoms. The van der Waals surface area contributed by atoms with Crippen molar-refractivity contribution in [3.63, 3.8) is 0 Å². The molecule has 0 saturated carbocycles. The van der Waals surface area contributed by atoms with Gasteiger partial charge in [-0.25, -0.2) is 4.39 Å². The average Bonchev–Trinajstić information content (AvgIpc) is 2.97. The minimum absolute atomic E-state index is 0.0183. The maximum atomic E-state index is 13.2. The van der Waals surface area contributed by atoms with Gasteiger partial charge in [0.2, 0.25) is 5.91 Å². The van der Waals surface area contributed by atoms with Crippen LogP contribution in [0.3, 0.4) is 0 Å². The Hall–Kier alpha value is -2.36. The highest BCUT2D eigenvalue weighted by molar-refractivity contribution is 5.79. The Labute approximate surface area is 129 Å². The lowest BCUT2D eigenvalue weighted by atomic mass is 10.1. The lowest BCUT2D eigenvalue weighted by Gasteiger charge is -2.17. The predicted molar refractivity (Wildman–Crippen MR) is 82.2 cm³/mol. The fourth-order valence-corrected chi connectivity index (χ4v) is 2.68. The second kappa shape index (κ2) is 6.60. The monoisotopic (exact) mass is 299 g/mol. The lowest BCUT2D eigenvalue weighted by molar-refractivity contribution is -0.129. The van der Waals surface area contributed by atoms with Crippen LogP contribution >= 0.6 is 0 Å². The van der Waals surface area contributed by atoms with Gasteiger partial charge in [-0.1, -0.05) is 30.3 Å². The molecule has 1 aliphatic rings. The number of rotatable bonds is 4. The molecule has 1 saturated heterocycles. The van der Waals surface area contributed by atoms with E-state index in [1.807, 2.05) is 30.3 Å². The van der Waals surface area contributed by atoms with Crippen LogP contribution in [0.4, 0.5) is 4.39 Å². The van der Waals surface area contributed by atoms with Crippen molar-refractivity contribution >= 4 is 5.91 Å². The van der Waals surface area contributed by atoms with Crippen molar-refractivity contribution in [3.8, 4) is 5.75 Å². The zero-order valence-electron chi connectivity index (χ0n) is 12.2. The van der Waals surface area contributed by atoms with Crippen molar-refractivity contribution in [2.75, 3.05) is 13.1 Å². The molecule has 0 N–H and O–H groups in total. The van der Waals surface area contributed by atoms with Crippen LogP contribution in [0.1, 0.15) is 12.0 Å². The van der Waals surface area contributed by atoms with E-state index in [1.54, 1.807) is 17.0 Å². The van der Waals surface area contributed by atoms with E-state index >= 15 is 0 Å². The van der Waals surface area contributed by atoms with Gasteiger partial charge >= 0.3 is 0 Å². The second-order valence-electron chi connectivity index (χ2n) is 5.49. The van der Waals surface area contributed by atoms with Crippen molar-refractivity contribution in [1.82, 2.24) is 4.90 Å². The van der Waals surface area contributed by atoms with Crippen LogP contribution in [-0.4, -0.2) is 30.0 Å². The number of carbonyl (C=O) groups excluding carboxylic acids is 1. The summed E-state index contributed by atoms with van der Waals surface area (Å²) in [5, 5.41) is 0. The van der Waals surface area contributed by atoms with Gasteiger partial charge in [-0.05, 0) is 29.8 Å². The number of halogens is 1. The number of likely N-dealkylation sites (tertiary alicyclic amines) is 1. The first-order valence-electron chi connectivity index (χ1n) is 7.44. The number of benzene rings is 2. The number of hydrogen-bond acceptors (Lipinski definition) is 2. The molecule has 22 heavy (non-hydrogen) atoms. The second-order valence-corrected chi connectivity index (χ2v) is 5.49. The molecule has 2 aromatic rings. The molecule has 0 aliphatic carbocycles. The molecule has 0 radical (unpaired) electrons. The average molecular weight is 299 g/mol. The first kappa shape index (κ1) is 14.6. The quantitative estimate of drug-likeness (QED) is 0.868. The topological polar surface area (TPSA) is 29.5 Å². The molecule has 3 rings (SSSR count). The van der Waals surface area contributed by atoms with E-state index in [1.165, 1.54) is 12.1 Å². The summed E-state index contributed by atoms with van der Waals surface area (Å²) in [5.41, 5.74) is 0.706. The normalized spacial score (nSPS) is 17.5. The third kappa shape index (κ3) is 3.64. The van der Waals surface area contributed by atoms with Crippen LogP contribution in [0, 0.1) is 5.82 Å². The third-order valence-electron chi connectivity index (χ3n) is 3.79. The minimum Gasteiger partial charge on any atom is -0.489 e. The van der Waals surface area contributed by atoms with Gasteiger partial charge in [0.15, 0.2) is 0 Å². The Bertz CT molecular complexity index is 645. The highest BCUT2D eigenvalue weighted by atomic mass is 19.1. The van der Waals surface area contributed by atoms with E-state index in [0.29, 0.717) is 18.7 Å². The Morgan fingerprint density at radius 1 is 1.18 bits per heavy atom. The smallest absolute Gasteiger partial charge is 0.227 e. The Balaban J connectivity index is 1.55. The lowest BCUT2D eigenvalue weighted by Crippen LogP contribution is -2.32. The minimum atomic E-state index is -0.308. The van der Waals surface area contributed by atoms with Crippen LogP contribution < -0.4 is 4.74 Å². The maximum Gasteiger partial charge on any atom is 0.227 e. The Morgan fingerprint density at radius 2 is 2.00 bits per heavy atom. The molecule has 1 atom stereocenters. The summed E-state index contributed by atoms with van der Waals surface area (Å²) in [5.74, 6) is 0.536. The first-order chi connectivity index (χ1) is 10.7. The Kier molecular flexibility index (Phi) is 4.37. The molecular weight excluding hydrogens is 281 g/mol. The summed E-state index contributed by atoms with van der Waals surface area (Å²) in [7, 11) is 0. The van der Waals surface area contributed by atoms with Crippen molar-refractivity contribution < 1.29 is 13.9 Å². The summed E-state index contributed by atoms with van der Waals surface area (Å²) in [6.07, 6.45) is 1.08. The van der Waals surface area contributed by atoms with E-state index in [9.17, 15) is 9.18 Å². The number of carbonyl (C=O) groups is 1. The van der Waals surface area contributed by atoms with Gasteiger partial charge in [-0.15, -0.1) is 0 Å². The molecule has 0 aromatic heterocycles. The molecule has 1 unspecified atom stereocenters. The summed E-state index contributed by atoms with van der Waals surface area (Å²) in [6.45, 7) is 1.27. The van der Waals surface area contributed by atoms with Gasteiger partial charge in [-0.2, -0.15) is 0 Å². The molecule has 114 valence electrons. The fraction of sp³-hybridized carbons (Fsp3) is 0.278. The number of amides is 1. The van der Waals surface area contributed by atoms with Crippen LogP contribution in [0.2, 0.25) is 0 Å². The van der Waals surface area contributed by atoms with E-state index < -0.39 is 0 Å². The van der Waals surface area contributed by atoms with E-state index in [0.717, 1.165) is 12.2 Å². The summed E-state index contributed by atoms with van der Waals surface area (Å²) in [4.78, 5) is 14.1.